The smallest absolute Gasteiger partial charge is 0.238 e. The van der Waals surface area contributed by atoms with Gasteiger partial charge in [0.25, 0.3) is 0 Å². The number of anilines is 1. The van der Waals surface area contributed by atoms with Crippen molar-refractivity contribution in [3.05, 3.63) is 27.8 Å². The quantitative estimate of drug-likeness (QED) is 0.753. The van der Waals surface area contributed by atoms with Crippen molar-refractivity contribution in [1.82, 2.24) is 4.90 Å². The minimum atomic E-state index is 0. The van der Waals surface area contributed by atoms with Gasteiger partial charge in [-0.2, -0.15) is 0 Å². The molecule has 0 aromatic heterocycles. The van der Waals surface area contributed by atoms with Crippen molar-refractivity contribution in [2.75, 3.05) is 25.0 Å². The summed E-state index contributed by atoms with van der Waals surface area (Å²) in [7, 11) is 0. The van der Waals surface area contributed by atoms with Crippen molar-refractivity contribution in [3.8, 4) is 0 Å². The van der Waals surface area contributed by atoms with E-state index >= 15 is 0 Å². The predicted octanol–water partition coefficient (Wildman–Crippen LogP) is 2.32. The number of rotatable bonds is 3. The van der Waals surface area contributed by atoms with E-state index in [0.29, 0.717) is 12.5 Å². The molecule has 0 saturated carbocycles. The van der Waals surface area contributed by atoms with Crippen LogP contribution in [0.3, 0.4) is 0 Å². The van der Waals surface area contributed by atoms with E-state index in [4.69, 9.17) is 5.73 Å². The van der Waals surface area contributed by atoms with Crippen LogP contribution in [-0.4, -0.2) is 36.5 Å². The highest BCUT2D eigenvalue weighted by atomic mass is 127. The Kier molecular flexibility index (Phi) is 7.22. The van der Waals surface area contributed by atoms with Gasteiger partial charge in [0, 0.05) is 22.7 Å². The normalized spacial score (nSPS) is 22.9. The molecule has 112 valence electrons. The Labute approximate surface area is 140 Å². The van der Waals surface area contributed by atoms with Crippen molar-refractivity contribution < 1.29 is 4.79 Å². The van der Waals surface area contributed by atoms with E-state index in [0.717, 1.165) is 28.8 Å². The number of nitrogens with zero attached hydrogens (tertiary/aromatic N) is 1. The highest BCUT2D eigenvalue weighted by Gasteiger charge is 2.24. The maximum atomic E-state index is 12.0. The number of nitrogens with one attached hydrogen (secondary N) is 1. The zero-order valence-electron chi connectivity index (χ0n) is 11.5. The second-order valence-electron chi connectivity index (χ2n) is 5.19. The number of halogens is 2. The molecule has 1 aliphatic rings. The second kappa shape index (κ2) is 8.17. The van der Waals surface area contributed by atoms with Crippen LogP contribution >= 0.6 is 35.0 Å². The number of likely N-dealkylation sites (tertiary alicyclic amines) is 1. The summed E-state index contributed by atoms with van der Waals surface area (Å²) in [6, 6.07) is 8.08. The predicted molar refractivity (Wildman–Crippen MR) is 93.2 cm³/mol. The summed E-state index contributed by atoms with van der Waals surface area (Å²) in [6.07, 6.45) is 0.970. The number of piperidine rings is 1. The van der Waals surface area contributed by atoms with Gasteiger partial charge in [-0.25, -0.2) is 0 Å². The molecule has 1 aromatic carbocycles. The number of hydrogen-bond donors (Lipinski definition) is 2. The summed E-state index contributed by atoms with van der Waals surface area (Å²) in [5.41, 5.74) is 6.87. The van der Waals surface area contributed by atoms with Crippen molar-refractivity contribution >= 4 is 46.6 Å². The lowest BCUT2D eigenvalue weighted by atomic mass is 9.95. The fourth-order valence-electron chi connectivity index (χ4n) is 2.35. The molecule has 0 bridgehead atoms. The molecular formula is C14H21ClIN3O. The Hall–Kier alpha value is -0.370. The van der Waals surface area contributed by atoms with Crippen LogP contribution < -0.4 is 11.1 Å². The molecule has 0 radical (unpaired) electrons. The fraction of sp³-hybridized carbons (Fsp3) is 0.500. The van der Waals surface area contributed by atoms with Gasteiger partial charge >= 0.3 is 0 Å². The second-order valence-corrected chi connectivity index (χ2v) is 6.36. The van der Waals surface area contributed by atoms with Gasteiger partial charge in [0.05, 0.1) is 12.2 Å². The molecule has 4 nitrogen and oxygen atoms in total. The summed E-state index contributed by atoms with van der Waals surface area (Å²) >= 11 is 2.23. The molecular weight excluding hydrogens is 389 g/mol. The number of hydrogen-bond acceptors (Lipinski definition) is 3. The first-order valence-corrected chi connectivity index (χ1v) is 7.66. The lowest BCUT2D eigenvalue weighted by Crippen LogP contribution is -2.48. The summed E-state index contributed by atoms with van der Waals surface area (Å²) in [6.45, 7) is 4.40. The van der Waals surface area contributed by atoms with Gasteiger partial charge < -0.3 is 11.1 Å². The van der Waals surface area contributed by atoms with E-state index < -0.39 is 0 Å². The Balaban J connectivity index is 0.00000200. The van der Waals surface area contributed by atoms with Gasteiger partial charge in [0.15, 0.2) is 0 Å². The number of amides is 1. The van der Waals surface area contributed by atoms with E-state index in [-0.39, 0.29) is 24.4 Å². The van der Waals surface area contributed by atoms with Crippen LogP contribution in [0.5, 0.6) is 0 Å². The summed E-state index contributed by atoms with van der Waals surface area (Å²) in [5.74, 6) is 0.505. The van der Waals surface area contributed by atoms with Crippen molar-refractivity contribution in [3.63, 3.8) is 0 Å². The molecule has 1 heterocycles. The monoisotopic (exact) mass is 409 g/mol. The van der Waals surface area contributed by atoms with E-state index in [1.54, 1.807) is 0 Å². The molecule has 3 N–H and O–H groups in total. The maximum Gasteiger partial charge on any atom is 0.238 e. The van der Waals surface area contributed by atoms with Gasteiger partial charge in [-0.1, -0.05) is 19.1 Å². The summed E-state index contributed by atoms with van der Waals surface area (Å²) in [5, 5.41) is 2.96. The first-order chi connectivity index (χ1) is 9.06. The van der Waals surface area contributed by atoms with Crippen molar-refractivity contribution in [2.45, 2.75) is 19.4 Å². The Morgan fingerprint density at radius 1 is 1.50 bits per heavy atom. The lowest BCUT2D eigenvalue weighted by Gasteiger charge is -2.34. The van der Waals surface area contributed by atoms with Crippen molar-refractivity contribution in [1.29, 1.82) is 0 Å². The van der Waals surface area contributed by atoms with Gasteiger partial charge in [-0.05, 0) is 47.1 Å². The van der Waals surface area contributed by atoms with E-state index in [2.05, 4.69) is 39.7 Å². The molecule has 20 heavy (non-hydrogen) atoms. The topological polar surface area (TPSA) is 58.4 Å². The molecule has 1 saturated heterocycles. The van der Waals surface area contributed by atoms with Crippen LogP contribution in [0.25, 0.3) is 0 Å². The van der Waals surface area contributed by atoms with Crippen LogP contribution in [0.15, 0.2) is 24.3 Å². The van der Waals surface area contributed by atoms with Crippen LogP contribution in [0, 0.1) is 9.49 Å². The summed E-state index contributed by atoms with van der Waals surface area (Å²) < 4.78 is 1.06. The van der Waals surface area contributed by atoms with E-state index in [1.807, 2.05) is 24.3 Å². The molecule has 2 unspecified atom stereocenters. The molecule has 6 heteroatoms. The van der Waals surface area contributed by atoms with Gasteiger partial charge in [-0.15, -0.1) is 12.4 Å². The average Bonchev–Trinajstić information content (AvgIpc) is 2.37. The molecule has 1 aromatic rings. The van der Waals surface area contributed by atoms with Crippen LogP contribution in [0.1, 0.15) is 13.3 Å². The maximum absolute atomic E-state index is 12.0. The van der Waals surface area contributed by atoms with E-state index in [1.165, 1.54) is 0 Å². The molecule has 1 aliphatic heterocycles. The van der Waals surface area contributed by atoms with Gasteiger partial charge in [-0.3, -0.25) is 9.69 Å². The third kappa shape index (κ3) is 4.87. The summed E-state index contributed by atoms with van der Waals surface area (Å²) in [4.78, 5) is 14.2. The third-order valence-electron chi connectivity index (χ3n) is 3.57. The Bertz CT molecular complexity index is 458. The minimum absolute atomic E-state index is 0. The number of para-hydroxylation sites is 1. The lowest BCUT2D eigenvalue weighted by molar-refractivity contribution is -0.117. The van der Waals surface area contributed by atoms with Crippen molar-refractivity contribution in [2.24, 2.45) is 11.7 Å². The molecule has 2 rings (SSSR count). The van der Waals surface area contributed by atoms with Crippen LogP contribution in [0.4, 0.5) is 5.69 Å². The Morgan fingerprint density at radius 3 is 2.85 bits per heavy atom. The third-order valence-corrected chi connectivity index (χ3v) is 4.51. The highest BCUT2D eigenvalue weighted by molar-refractivity contribution is 14.1. The number of carbonyl (C=O) groups is 1. The SMILES string of the molecule is CC1CN(CC(=O)Nc2ccccc2I)CCC1N.Cl. The number of nitrogens with two attached hydrogens (primary N) is 1. The zero-order chi connectivity index (χ0) is 13.8. The van der Waals surface area contributed by atoms with E-state index in [9.17, 15) is 4.79 Å². The number of carbonyl (C=O) groups excluding carboxylic acids is 1. The largest absolute Gasteiger partial charge is 0.327 e. The first kappa shape index (κ1) is 17.7. The Morgan fingerprint density at radius 2 is 2.20 bits per heavy atom. The molecule has 1 amide bonds. The fourth-order valence-corrected chi connectivity index (χ4v) is 2.87. The van der Waals surface area contributed by atoms with Crippen LogP contribution in [-0.2, 0) is 4.79 Å². The molecule has 2 atom stereocenters. The first-order valence-electron chi connectivity index (χ1n) is 6.58. The van der Waals surface area contributed by atoms with Crippen LogP contribution in [0.2, 0.25) is 0 Å². The van der Waals surface area contributed by atoms with Gasteiger partial charge in [0.2, 0.25) is 5.91 Å². The molecule has 1 fully saturated rings. The standard InChI is InChI=1S/C14H20IN3O.ClH/c1-10-8-18(7-6-12(10)16)9-14(19)17-13-5-3-2-4-11(13)15;/h2-5,10,12H,6-9,16H2,1H3,(H,17,19);1H. The average molecular weight is 410 g/mol. The molecule has 0 spiro atoms. The van der Waals surface area contributed by atoms with Gasteiger partial charge in [0.1, 0.15) is 0 Å². The number of benzene rings is 1. The highest BCUT2D eigenvalue weighted by Crippen LogP contribution is 2.18. The minimum Gasteiger partial charge on any atom is -0.327 e. The zero-order valence-corrected chi connectivity index (χ0v) is 14.5. The molecule has 0 aliphatic carbocycles.